The van der Waals surface area contributed by atoms with Crippen LogP contribution in [0, 0.1) is 0 Å². The number of rotatable bonds is 8. The van der Waals surface area contributed by atoms with Crippen LogP contribution in [-0.4, -0.2) is 27.1 Å². The van der Waals surface area contributed by atoms with Crippen LogP contribution >= 0.6 is 11.8 Å². The highest BCUT2D eigenvalue weighted by atomic mass is 32.2. The number of thioether (sulfide) groups is 1. The number of nitrogens with zero attached hydrogens (tertiary/aromatic N) is 3. The number of aromatic nitrogens is 3. The molecular weight excluding hydrogens is 590 g/mol. The van der Waals surface area contributed by atoms with Gasteiger partial charge in [0.25, 0.3) is 0 Å². The maximum absolute atomic E-state index is 13.5. The first kappa shape index (κ1) is 29.7. The fourth-order valence-electron chi connectivity index (χ4n) is 6.32. The summed E-state index contributed by atoms with van der Waals surface area (Å²) < 4.78 is 88.9. The molecule has 3 heterocycles. The molecule has 12 heteroatoms. The molecule has 0 amide bonds. The van der Waals surface area contributed by atoms with E-state index in [1.54, 1.807) is 18.0 Å². The zero-order valence-corrected chi connectivity index (χ0v) is 23.6. The molecular formula is C31H28F6N4OS. The maximum Gasteiger partial charge on any atom is 0.416 e. The standard InChI is InChI=1S/C31H28F6N4OS/c32-30(33,34)22-13-20(14-23(15-22)31(35,36)37)18-42-28-12-11-26-25(16-29(28,39-26)21-7-3-1-4-8-21)27-17-38-40-41(27)19-43-24-9-5-2-6-10-24/h1-10,13-15,17,25-26,28,39H,11-12,16,18-19H2. The molecule has 3 aromatic carbocycles. The van der Waals surface area contributed by atoms with Crippen LogP contribution in [0.25, 0.3) is 0 Å². The monoisotopic (exact) mass is 618 g/mol. The van der Waals surface area contributed by atoms with Gasteiger partial charge in [-0.2, -0.15) is 26.3 Å². The smallest absolute Gasteiger partial charge is 0.371 e. The summed E-state index contributed by atoms with van der Waals surface area (Å²) in [6, 6.07) is 21.3. The number of halogens is 6. The number of fused-ring (bicyclic) bond motifs is 2. The molecule has 0 radical (unpaired) electrons. The Morgan fingerprint density at radius 1 is 0.884 bits per heavy atom. The molecule has 43 heavy (non-hydrogen) atoms. The first-order chi connectivity index (χ1) is 20.5. The van der Waals surface area contributed by atoms with Crippen LogP contribution in [0.5, 0.6) is 0 Å². The average Bonchev–Trinajstić information content (AvgIpc) is 3.58. The second kappa shape index (κ2) is 11.6. The summed E-state index contributed by atoms with van der Waals surface area (Å²) in [4.78, 5) is 1.10. The quantitative estimate of drug-likeness (QED) is 0.161. The van der Waals surface area contributed by atoms with Gasteiger partial charge in [-0.1, -0.05) is 53.7 Å². The van der Waals surface area contributed by atoms with Crippen molar-refractivity contribution in [2.75, 3.05) is 0 Å². The topological polar surface area (TPSA) is 52.0 Å². The first-order valence-corrected chi connectivity index (χ1v) is 14.8. The lowest BCUT2D eigenvalue weighted by Gasteiger charge is -2.42. The van der Waals surface area contributed by atoms with Gasteiger partial charge in [-0.15, -0.1) is 16.9 Å². The fraction of sp³-hybridized carbons (Fsp3) is 0.355. The zero-order valence-electron chi connectivity index (χ0n) is 22.8. The highest BCUT2D eigenvalue weighted by molar-refractivity contribution is 7.98. The van der Waals surface area contributed by atoms with E-state index >= 15 is 0 Å². The lowest BCUT2D eigenvalue weighted by atomic mass is 9.79. The number of benzene rings is 3. The normalized spacial score (nSPS) is 23.9. The highest BCUT2D eigenvalue weighted by Crippen LogP contribution is 2.51. The van der Waals surface area contributed by atoms with Crippen LogP contribution in [0.3, 0.4) is 0 Å². The molecule has 0 spiro atoms. The van der Waals surface area contributed by atoms with Gasteiger partial charge in [0.2, 0.25) is 0 Å². The lowest BCUT2D eigenvalue weighted by molar-refractivity contribution is -0.143. The maximum atomic E-state index is 13.5. The highest BCUT2D eigenvalue weighted by Gasteiger charge is 2.55. The predicted octanol–water partition coefficient (Wildman–Crippen LogP) is 7.79. The van der Waals surface area contributed by atoms with Crippen LogP contribution in [0.15, 0.2) is 90.0 Å². The van der Waals surface area contributed by atoms with Crippen molar-refractivity contribution in [2.45, 2.75) is 72.6 Å². The molecule has 4 unspecified atom stereocenters. The van der Waals surface area contributed by atoms with Crippen molar-refractivity contribution in [3.8, 4) is 0 Å². The Morgan fingerprint density at radius 2 is 1.53 bits per heavy atom. The number of alkyl halides is 6. The first-order valence-electron chi connectivity index (χ1n) is 13.8. The molecule has 6 rings (SSSR count). The summed E-state index contributed by atoms with van der Waals surface area (Å²) in [5.74, 6) is 0.586. The third-order valence-corrected chi connectivity index (χ3v) is 9.25. The van der Waals surface area contributed by atoms with Crippen molar-refractivity contribution in [3.05, 3.63) is 113 Å². The number of hydrogen-bond acceptors (Lipinski definition) is 5. The number of nitrogens with one attached hydrogen (secondary N) is 1. The Labute approximate surface area is 248 Å². The molecule has 2 aliphatic heterocycles. The molecule has 2 saturated heterocycles. The van der Waals surface area contributed by atoms with E-state index in [2.05, 4.69) is 15.6 Å². The number of hydrogen-bond donors (Lipinski definition) is 1. The van der Waals surface area contributed by atoms with Crippen LogP contribution in [0.1, 0.15) is 53.1 Å². The summed E-state index contributed by atoms with van der Waals surface area (Å²) in [5.41, 5.74) is -1.67. The minimum absolute atomic E-state index is 0.0190. The van der Waals surface area contributed by atoms with Crippen LogP contribution in [0.2, 0.25) is 0 Å². The van der Waals surface area contributed by atoms with Gasteiger partial charge in [-0.25, -0.2) is 4.68 Å². The molecule has 4 aromatic rings. The summed E-state index contributed by atoms with van der Waals surface area (Å²) in [6.45, 7) is -0.392. The molecule has 0 saturated carbocycles. The van der Waals surface area contributed by atoms with Gasteiger partial charge in [0.1, 0.15) is 0 Å². The van der Waals surface area contributed by atoms with Gasteiger partial charge < -0.3 is 10.1 Å². The molecule has 2 aliphatic rings. The summed E-state index contributed by atoms with van der Waals surface area (Å²) in [5, 5.41) is 12.3. The Kier molecular flexibility index (Phi) is 8.03. The molecule has 1 aromatic heterocycles. The minimum Gasteiger partial charge on any atom is -0.371 e. The molecule has 2 bridgehead atoms. The predicted molar refractivity (Wildman–Crippen MR) is 149 cm³/mol. The third kappa shape index (κ3) is 6.18. The van der Waals surface area contributed by atoms with E-state index < -0.39 is 41.7 Å². The second-order valence-corrected chi connectivity index (χ2v) is 12.0. The van der Waals surface area contributed by atoms with Crippen molar-refractivity contribution < 1.29 is 31.1 Å². The van der Waals surface area contributed by atoms with E-state index in [1.165, 1.54) is 0 Å². The fourth-order valence-corrected chi connectivity index (χ4v) is 7.14. The van der Waals surface area contributed by atoms with Crippen molar-refractivity contribution in [1.82, 2.24) is 20.3 Å². The Balaban J connectivity index is 1.27. The molecule has 4 atom stereocenters. The van der Waals surface area contributed by atoms with Crippen LogP contribution < -0.4 is 5.32 Å². The van der Waals surface area contributed by atoms with Gasteiger partial charge in [-0.05, 0) is 60.7 Å². The number of ether oxygens (including phenoxy) is 1. The van der Waals surface area contributed by atoms with Crippen molar-refractivity contribution in [2.24, 2.45) is 0 Å². The van der Waals surface area contributed by atoms with Gasteiger partial charge >= 0.3 is 12.4 Å². The van der Waals surface area contributed by atoms with Gasteiger partial charge in [0, 0.05) is 16.9 Å². The van der Waals surface area contributed by atoms with Gasteiger partial charge in [-0.3, -0.25) is 0 Å². The second-order valence-electron chi connectivity index (χ2n) is 10.9. The van der Waals surface area contributed by atoms with E-state index in [4.69, 9.17) is 4.74 Å². The molecule has 0 aliphatic carbocycles. The van der Waals surface area contributed by atoms with E-state index in [-0.39, 0.29) is 23.6 Å². The minimum atomic E-state index is -4.92. The Bertz CT molecular complexity index is 1510. The molecule has 1 N–H and O–H groups in total. The lowest BCUT2D eigenvalue weighted by Crippen LogP contribution is -2.54. The molecule has 5 nitrogen and oxygen atoms in total. The van der Waals surface area contributed by atoms with Gasteiger partial charge in [0.15, 0.2) is 0 Å². The summed E-state index contributed by atoms with van der Waals surface area (Å²) in [6.07, 6.45) is -6.68. The van der Waals surface area contributed by atoms with Crippen LogP contribution in [0.4, 0.5) is 26.3 Å². The van der Waals surface area contributed by atoms with E-state index in [1.807, 2.05) is 65.3 Å². The SMILES string of the molecule is FC(F)(F)c1cc(COC2CCC3NC2(c2ccccc2)CC3c2cnnn2CSc2ccccc2)cc(C(F)(F)F)c1. The molecule has 2 fully saturated rings. The zero-order chi connectivity index (χ0) is 30.2. The van der Waals surface area contributed by atoms with Crippen molar-refractivity contribution in [1.29, 1.82) is 0 Å². The van der Waals surface area contributed by atoms with Crippen LogP contribution in [-0.2, 0) is 35.1 Å². The largest absolute Gasteiger partial charge is 0.416 e. The third-order valence-electron chi connectivity index (χ3n) is 8.27. The van der Waals surface area contributed by atoms with E-state index in [9.17, 15) is 26.3 Å². The van der Waals surface area contributed by atoms with Crippen molar-refractivity contribution >= 4 is 11.8 Å². The summed E-state index contributed by atoms with van der Waals surface area (Å²) >= 11 is 1.64. The summed E-state index contributed by atoms with van der Waals surface area (Å²) in [7, 11) is 0. The van der Waals surface area contributed by atoms with E-state index in [0.29, 0.717) is 25.1 Å². The number of piperidine rings is 1. The molecule has 226 valence electrons. The Morgan fingerprint density at radius 3 is 2.19 bits per heavy atom. The van der Waals surface area contributed by atoms with E-state index in [0.717, 1.165) is 28.3 Å². The van der Waals surface area contributed by atoms with Crippen molar-refractivity contribution in [3.63, 3.8) is 0 Å². The average molecular weight is 619 g/mol. The van der Waals surface area contributed by atoms with Gasteiger partial charge in [0.05, 0.1) is 47.1 Å². The Hall–Kier alpha value is -3.35.